The quantitative estimate of drug-likeness (QED) is 0.897. The average molecular weight is 315 g/mol. The van der Waals surface area contributed by atoms with Crippen LogP contribution in [0.4, 0.5) is 5.69 Å². The molecule has 0 radical (unpaired) electrons. The van der Waals surface area contributed by atoms with Crippen LogP contribution in [0.15, 0.2) is 18.2 Å². The van der Waals surface area contributed by atoms with Crippen LogP contribution in [0.5, 0.6) is 0 Å². The molecule has 1 unspecified atom stereocenters. The molecule has 2 heterocycles. The Labute approximate surface area is 137 Å². The van der Waals surface area contributed by atoms with E-state index in [4.69, 9.17) is 0 Å². The molecule has 2 aliphatic heterocycles. The largest absolute Gasteiger partial charge is 0.382 e. The second kappa shape index (κ2) is 7.02. The zero-order valence-corrected chi connectivity index (χ0v) is 13.7. The Kier molecular flexibility index (Phi) is 4.84. The summed E-state index contributed by atoms with van der Waals surface area (Å²) in [5.74, 6) is 0.211. The first-order chi connectivity index (χ1) is 11.1. The Morgan fingerprint density at radius 3 is 2.74 bits per heavy atom. The van der Waals surface area contributed by atoms with Crippen molar-refractivity contribution in [2.75, 3.05) is 18.4 Å². The predicted molar refractivity (Wildman–Crippen MR) is 90.4 cm³/mol. The van der Waals surface area contributed by atoms with Crippen LogP contribution in [0.25, 0.3) is 0 Å². The number of likely N-dealkylation sites (tertiary alicyclic amines) is 1. The molecule has 2 amide bonds. The maximum Gasteiger partial charge on any atom is 0.251 e. The number of benzene rings is 1. The molecular weight excluding hydrogens is 290 g/mol. The molecule has 1 saturated heterocycles. The van der Waals surface area contributed by atoms with Gasteiger partial charge in [-0.3, -0.25) is 9.59 Å². The number of anilines is 1. The van der Waals surface area contributed by atoms with Crippen molar-refractivity contribution in [1.82, 2.24) is 10.2 Å². The molecule has 5 heteroatoms. The lowest BCUT2D eigenvalue weighted by molar-refractivity contribution is -0.131. The lowest BCUT2D eigenvalue weighted by Crippen LogP contribution is -2.35. The van der Waals surface area contributed by atoms with Gasteiger partial charge in [0.25, 0.3) is 5.91 Å². The van der Waals surface area contributed by atoms with Gasteiger partial charge in [-0.25, -0.2) is 0 Å². The number of amides is 2. The summed E-state index contributed by atoms with van der Waals surface area (Å²) in [4.78, 5) is 26.1. The molecule has 1 aromatic carbocycles. The second-order valence-electron chi connectivity index (χ2n) is 6.60. The summed E-state index contributed by atoms with van der Waals surface area (Å²) in [6, 6.07) is 5.88. The van der Waals surface area contributed by atoms with Gasteiger partial charge in [-0.1, -0.05) is 18.9 Å². The number of rotatable bonds is 4. The molecule has 124 valence electrons. The Bertz CT molecular complexity index is 592. The number of hydrogen-bond acceptors (Lipinski definition) is 3. The van der Waals surface area contributed by atoms with Gasteiger partial charge >= 0.3 is 0 Å². The van der Waals surface area contributed by atoms with E-state index in [1.54, 1.807) is 0 Å². The third-order valence-corrected chi connectivity index (χ3v) is 4.65. The van der Waals surface area contributed by atoms with Gasteiger partial charge in [0.05, 0.1) is 0 Å². The number of carbonyl (C=O) groups excluding carboxylic acids is 2. The summed E-state index contributed by atoms with van der Waals surface area (Å²) in [7, 11) is 0. The highest BCUT2D eigenvalue weighted by Gasteiger charge is 2.20. The van der Waals surface area contributed by atoms with Gasteiger partial charge < -0.3 is 15.5 Å². The van der Waals surface area contributed by atoms with E-state index >= 15 is 0 Å². The molecule has 23 heavy (non-hydrogen) atoms. The van der Waals surface area contributed by atoms with Crippen molar-refractivity contribution >= 4 is 17.5 Å². The van der Waals surface area contributed by atoms with Crippen LogP contribution in [0.3, 0.4) is 0 Å². The monoisotopic (exact) mass is 315 g/mol. The van der Waals surface area contributed by atoms with Crippen LogP contribution in [-0.4, -0.2) is 35.8 Å². The van der Waals surface area contributed by atoms with Crippen LogP contribution in [0.2, 0.25) is 0 Å². The standard InChI is InChI=1S/C18H25N3O2/c1-13(10-17(22)21-8-4-2-3-5-9-21)20-15-7-6-14-12-19-18(23)16(14)11-15/h6-7,11,13,20H,2-5,8-10,12H2,1H3,(H,19,23). The van der Waals surface area contributed by atoms with Gasteiger partial charge in [-0.2, -0.15) is 0 Å². The molecule has 1 atom stereocenters. The van der Waals surface area contributed by atoms with Gasteiger partial charge in [0, 0.05) is 43.3 Å². The third kappa shape index (κ3) is 3.84. The van der Waals surface area contributed by atoms with Crippen molar-refractivity contribution in [2.24, 2.45) is 0 Å². The zero-order valence-electron chi connectivity index (χ0n) is 13.7. The zero-order chi connectivity index (χ0) is 16.2. The van der Waals surface area contributed by atoms with E-state index in [0.717, 1.165) is 42.7 Å². The summed E-state index contributed by atoms with van der Waals surface area (Å²) >= 11 is 0. The van der Waals surface area contributed by atoms with Gasteiger partial charge in [0.1, 0.15) is 0 Å². The van der Waals surface area contributed by atoms with Gasteiger partial charge in [-0.05, 0) is 37.5 Å². The Morgan fingerprint density at radius 2 is 2.00 bits per heavy atom. The first-order valence-electron chi connectivity index (χ1n) is 8.59. The first-order valence-corrected chi connectivity index (χ1v) is 8.59. The average Bonchev–Trinajstić information content (AvgIpc) is 2.76. The van der Waals surface area contributed by atoms with Crippen LogP contribution < -0.4 is 10.6 Å². The normalized spacial score (nSPS) is 18.8. The molecule has 1 aromatic rings. The summed E-state index contributed by atoms with van der Waals surface area (Å²) in [6.07, 6.45) is 5.19. The third-order valence-electron chi connectivity index (χ3n) is 4.65. The second-order valence-corrected chi connectivity index (χ2v) is 6.60. The number of carbonyl (C=O) groups is 2. The fraction of sp³-hybridized carbons (Fsp3) is 0.556. The van der Waals surface area contributed by atoms with Gasteiger partial charge in [0.15, 0.2) is 0 Å². The van der Waals surface area contributed by atoms with E-state index in [1.807, 2.05) is 30.0 Å². The number of hydrogen-bond donors (Lipinski definition) is 2. The van der Waals surface area contributed by atoms with E-state index < -0.39 is 0 Å². The SMILES string of the molecule is CC(CC(=O)N1CCCCCC1)Nc1ccc2c(c1)C(=O)NC2. The molecule has 0 bridgehead atoms. The molecule has 0 saturated carbocycles. The van der Waals surface area contributed by atoms with E-state index in [2.05, 4.69) is 10.6 Å². The maximum absolute atomic E-state index is 12.4. The number of nitrogens with one attached hydrogen (secondary N) is 2. The predicted octanol–water partition coefficient (Wildman–Crippen LogP) is 2.52. The fourth-order valence-electron chi connectivity index (χ4n) is 3.35. The van der Waals surface area contributed by atoms with Crippen LogP contribution in [-0.2, 0) is 11.3 Å². The van der Waals surface area contributed by atoms with Crippen LogP contribution >= 0.6 is 0 Å². The number of nitrogens with zero attached hydrogens (tertiary/aromatic N) is 1. The smallest absolute Gasteiger partial charge is 0.251 e. The fourth-order valence-corrected chi connectivity index (χ4v) is 3.35. The Balaban J connectivity index is 1.56. The number of fused-ring (bicyclic) bond motifs is 1. The van der Waals surface area contributed by atoms with Crippen LogP contribution in [0.1, 0.15) is 54.9 Å². The molecule has 2 aliphatic rings. The molecule has 5 nitrogen and oxygen atoms in total. The molecule has 2 N–H and O–H groups in total. The summed E-state index contributed by atoms with van der Waals surface area (Å²) in [6.45, 7) is 4.41. The van der Waals surface area contributed by atoms with Gasteiger partial charge in [0.2, 0.25) is 5.91 Å². The highest BCUT2D eigenvalue weighted by Crippen LogP contribution is 2.21. The highest BCUT2D eigenvalue weighted by molar-refractivity contribution is 5.99. The Morgan fingerprint density at radius 1 is 1.26 bits per heavy atom. The van der Waals surface area contributed by atoms with E-state index in [-0.39, 0.29) is 17.9 Å². The lowest BCUT2D eigenvalue weighted by atomic mass is 10.1. The highest BCUT2D eigenvalue weighted by atomic mass is 16.2. The topological polar surface area (TPSA) is 61.4 Å². The van der Waals surface area contributed by atoms with Crippen LogP contribution in [0, 0.1) is 0 Å². The molecule has 3 rings (SSSR count). The first kappa shape index (κ1) is 15.8. The maximum atomic E-state index is 12.4. The van der Waals surface area contributed by atoms with Crippen molar-refractivity contribution in [3.63, 3.8) is 0 Å². The van der Waals surface area contributed by atoms with Crippen molar-refractivity contribution < 1.29 is 9.59 Å². The molecule has 0 spiro atoms. The summed E-state index contributed by atoms with van der Waals surface area (Å²) in [5, 5.41) is 6.17. The van der Waals surface area contributed by atoms with Crippen molar-refractivity contribution in [3.05, 3.63) is 29.3 Å². The lowest BCUT2D eigenvalue weighted by Gasteiger charge is -2.23. The van der Waals surface area contributed by atoms with Gasteiger partial charge in [-0.15, -0.1) is 0 Å². The minimum atomic E-state index is -0.0167. The summed E-state index contributed by atoms with van der Waals surface area (Å²) in [5.41, 5.74) is 2.67. The van der Waals surface area contributed by atoms with E-state index in [9.17, 15) is 9.59 Å². The molecule has 0 aliphatic carbocycles. The van der Waals surface area contributed by atoms with Crippen molar-refractivity contribution in [3.8, 4) is 0 Å². The molecule has 0 aromatic heterocycles. The molecular formula is C18H25N3O2. The molecule has 1 fully saturated rings. The Hall–Kier alpha value is -2.04. The van der Waals surface area contributed by atoms with Crippen molar-refractivity contribution in [2.45, 2.75) is 51.6 Å². The van der Waals surface area contributed by atoms with Crippen molar-refractivity contribution in [1.29, 1.82) is 0 Å². The summed E-state index contributed by atoms with van der Waals surface area (Å²) < 4.78 is 0. The minimum absolute atomic E-state index is 0.0167. The van der Waals surface area contributed by atoms with E-state index in [1.165, 1.54) is 12.8 Å². The minimum Gasteiger partial charge on any atom is -0.382 e. The van der Waals surface area contributed by atoms with E-state index in [0.29, 0.717) is 13.0 Å².